The van der Waals surface area contributed by atoms with Gasteiger partial charge in [0.1, 0.15) is 6.61 Å². The number of amides is 1. The first-order valence-corrected chi connectivity index (χ1v) is 7.99. The van der Waals surface area contributed by atoms with Crippen LogP contribution in [0.5, 0.6) is 0 Å². The SMILES string of the molecule is CC(C)(C)[C@@H](Cn1ccccc1=O)NC(=O)OCc1ccccc1. The van der Waals surface area contributed by atoms with Crippen molar-refractivity contribution in [1.82, 2.24) is 9.88 Å². The van der Waals surface area contributed by atoms with Crippen molar-refractivity contribution in [1.29, 1.82) is 0 Å². The Morgan fingerprint density at radius 1 is 1.12 bits per heavy atom. The van der Waals surface area contributed by atoms with E-state index in [9.17, 15) is 9.59 Å². The molecule has 0 saturated carbocycles. The third-order valence-electron chi connectivity index (χ3n) is 3.83. The Kier molecular flexibility index (Phi) is 5.79. The topological polar surface area (TPSA) is 60.3 Å². The van der Waals surface area contributed by atoms with E-state index in [4.69, 9.17) is 4.74 Å². The summed E-state index contributed by atoms with van der Waals surface area (Å²) in [6.45, 7) is 6.66. The van der Waals surface area contributed by atoms with Crippen LogP contribution in [0.4, 0.5) is 4.79 Å². The van der Waals surface area contributed by atoms with E-state index >= 15 is 0 Å². The standard InChI is InChI=1S/C19H24N2O3/c1-19(2,3)16(13-21-12-8-7-11-17(21)22)20-18(23)24-14-15-9-5-4-6-10-15/h4-12,16H,13-14H2,1-3H3,(H,20,23)/t16-/m1/s1. The molecule has 0 radical (unpaired) electrons. The highest BCUT2D eigenvalue weighted by atomic mass is 16.5. The Balaban J connectivity index is 2.00. The van der Waals surface area contributed by atoms with Gasteiger partial charge in [-0.2, -0.15) is 0 Å². The number of benzene rings is 1. The van der Waals surface area contributed by atoms with Crippen molar-refractivity contribution in [2.24, 2.45) is 5.41 Å². The summed E-state index contributed by atoms with van der Waals surface area (Å²) < 4.78 is 6.87. The molecule has 1 amide bonds. The molecule has 0 fully saturated rings. The molecule has 5 nitrogen and oxygen atoms in total. The summed E-state index contributed by atoms with van der Waals surface area (Å²) in [7, 11) is 0. The Morgan fingerprint density at radius 3 is 2.42 bits per heavy atom. The third-order valence-corrected chi connectivity index (χ3v) is 3.83. The molecule has 1 atom stereocenters. The zero-order valence-corrected chi connectivity index (χ0v) is 14.4. The molecular formula is C19H24N2O3. The Hall–Kier alpha value is -2.56. The van der Waals surface area contributed by atoms with Crippen LogP contribution in [-0.2, 0) is 17.9 Å². The van der Waals surface area contributed by atoms with Crippen LogP contribution in [0.3, 0.4) is 0 Å². The van der Waals surface area contributed by atoms with Crippen molar-refractivity contribution < 1.29 is 9.53 Å². The number of carbonyl (C=O) groups is 1. The minimum absolute atomic E-state index is 0.0915. The summed E-state index contributed by atoms with van der Waals surface area (Å²) in [5, 5.41) is 2.88. The van der Waals surface area contributed by atoms with Gasteiger partial charge in [-0.05, 0) is 17.0 Å². The summed E-state index contributed by atoms with van der Waals surface area (Å²) >= 11 is 0. The minimum atomic E-state index is -0.484. The van der Waals surface area contributed by atoms with Gasteiger partial charge in [-0.3, -0.25) is 4.79 Å². The zero-order chi connectivity index (χ0) is 17.6. The van der Waals surface area contributed by atoms with Crippen molar-refractivity contribution in [3.63, 3.8) is 0 Å². The number of hydrogen-bond acceptors (Lipinski definition) is 3. The van der Waals surface area contributed by atoms with Crippen LogP contribution < -0.4 is 10.9 Å². The van der Waals surface area contributed by atoms with E-state index in [1.165, 1.54) is 6.07 Å². The quantitative estimate of drug-likeness (QED) is 0.917. The van der Waals surface area contributed by atoms with Crippen LogP contribution >= 0.6 is 0 Å². The van der Waals surface area contributed by atoms with Gasteiger partial charge in [0.25, 0.3) is 5.56 Å². The van der Waals surface area contributed by atoms with E-state index < -0.39 is 6.09 Å². The average Bonchev–Trinajstić information content (AvgIpc) is 2.54. The van der Waals surface area contributed by atoms with Crippen LogP contribution in [0.15, 0.2) is 59.5 Å². The van der Waals surface area contributed by atoms with Gasteiger partial charge >= 0.3 is 6.09 Å². The van der Waals surface area contributed by atoms with Crippen LogP contribution in [-0.4, -0.2) is 16.7 Å². The maximum Gasteiger partial charge on any atom is 0.407 e. The van der Waals surface area contributed by atoms with E-state index in [0.717, 1.165) is 5.56 Å². The Morgan fingerprint density at radius 2 is 1.79 bits per heavy atom. The summed E-state index contributed by atoms with van der Waals surface area (Å²) in [6.07, 6.45) is 1.24. The van der Waals surface area contributed by atoms with Gasteiger partial charge in [0.2, 0.25) is 0 Å². The van der Waals surface area contributed by atoms with E-state index in [0.29, 0.717) is 6.54 Å². The summed E-state index contributed by atoms with van der Waals surface area (Å²) in [4.78, 5) is 24.0. The predicted octanol–water partition coefficient (Wildman–Crippen LogP) is 3.19. The molecule has 5 heteroatoms. The smallest absolute Gasteiger partial charge is 0.407 e. The van der Waals surface area contributed by atoms with E-state index in [2.05, 4.69) is 5.32 Å². The van der Waals surface area contributed by atoms with E-state index in [1.807, 2.05) is 51.1 Å². The number of rotatable bonds is 5. The monoisotopic (exact) mass is 328 g/mol. The van der Waals surface area contributed by atoms with Gasteiger partial charge in [-0.25, -0.2) is 4.79 Å². The molecule has 0 aliphatic heterocycles. The average molecular weight is 328 g/mol. The predicted molar refractivity (Wildman–Crippen MR) is 93.7 cm³/mol. The first kappa shape index (κ1) is 17.8. The van der Waals surface area contributed by atoms with Gasteiger partial charge < -0.3 is 14.6 Å². The number of hydrogen-bond donors (Lipinski definition) is 1. The number of nitrogens with one attached hydrogen (secondary N) is 1. The molecule has 1 aromatic carbocycles. The number of aromatic nitrogens is 1. The Labute approximate surface area is 142 Å². The minimum Gasteiger partial charge on any atom is -0.445 e. The molecule has 1 aromatic heterocycles. The second kappa shape index (κ2) is 7.81. The van der Waals surface area contributed by atoms with Crippen molar-refractivity contribution in [3.8, 4) is 0 Å². The molecule has 0 saturated heterocycles. The van der Waals surface area contributed by atoms with Gasteiger partial charge in [-0.1, -0.05) is 57.2 Å². The highest BCUT2D eigenvalue weighted by Crippen LogP contribution is 2.20. The van der Waals surface area contributed by atoms with Gasteiger partial charge in [-0.15, -0.1) is 0 Å². The Bertz CT molecular complexity index is 717. The maximum absolute atomic E-state index is 12.1. The molecule has 0 aliphatic rings. The fourth-order valence-electron chi connectivity index (χ4n) is 2.25. The van der Waals surface area contributed by atoms with Crippen molar-refractivity contribution >= 4 is 6.09 Å². The maximum atomic E-state index is 12.1. The molecule has 0 unspecified atom stereocenters. The molecule has 0 aliphatic carbocycles. The summed E-state index contributed by atoms with van der Waals surface area (Å²) in [5.41, 5.74) is 0.617. The van der Waals surface area contributed by atoms with Crippen molar-refractivity contribution in [2.45, 2.75) is 40.0 Å². The lowest BCUT2D eigenvalue weighted by molar-refractivity contribution is 0.123. The zero-order valence-electron chi connectivity index (χ0n) is 14.4. The molecule has 128 valence electrons. The number of nitrogens with zero attached hydrogens (tertiary/aromatic N) is 1. The first-order valence-electron chi connectivity index (χ1n) is 7.99. The molecule has 2 aromatic rings. The lowest BCUT2D eigenvalue weighted by atomic mass is 9.86. The molecule has 0 bridgehead atoms. The molecular weight excluding hydrogens is 304 g/mol. The number of carbonyl (C=O) groups excluding carboxylic acids is 1. The van der Waals surface area contributed by atoms with Gasteiger partial charge in [0, 0.05) is 18.8 Å². The normalized spacial score (nSPS) is 12.5. The lowest BCUT2D eigenvalue weighted by Gasteiger charge is -2.31. The van der Waals surface area contributed by atoms with Crippen LogP contribution in [0.25, 0.3) is 0 Å². The summed E-state index contributed by atoms with van der Waals surface area (Å²) in [5.74, 6) is 0. The highest BCUT2D eigenvalue weighted by molar-refractivity contribution is 5.67. The van der Waals surface area contributed by atoms with E-state index in [1.54, 1.807) is 22.9 Å². The summed E-state index contributed by atoms with van der Waals surface area (Å²) in [6, 6.07) is 14.3. The second-order valence-electron chi connectivity index (χ2n) is 6.82. The lowest BCUT2D eigenvalue weighted by Crippen LogP contribution is -2.47. The molecule has 1 N–H and O–H groups in total. The third kappa shape index (κ3) is 5.26. The molecule has 24 heavy (non-hydrogen) atoms. The van der Waals surface area contributed by atoms with Crippen molar-refractivity contribution in [2.75, 3.05) is 0 Å². The van der Waals surface area contributed by atoms with Gasteiger partial charge in [0.05, 0.1) is 6.04 Å². The number of alkyl carbamates (subject to hydrolysis) is 1. The number of pyridine rings is 1. The van der Waals surface area contributed by atoms with Crippen LogP contribution in [0, 0.1) is 5.41 Å². The first-order chi connectivity index (χ1) is 11.4. The number of ether oxygens (including phenoxy) is 1. The molecule has 2 rings (SSSR count). The van der Waals surface area contributed by atoms with E-state index in [-0.39, 0.29) is 23.6 Å². The fourth-order valence-corrected chi connectivity index (χ4v) is 2.25. The van der Waals surface area contributed by atoms with Gasteiger partial charge in [0.15, 0.2) is 0 Å². The molecule has 0 spiro atoms. The largest absolute Gasteiger partial charge is 0.445 e. The second-order valence-corrected chi connectivity index (χ2v) is 6.82. The fraction of sp³-hybridized carbons (Fsp3) is 0.368. The molecule has 1 heterocycles. The highest BCUT2D eigenvalue weighted by Gasteiger charge is 2.27. The van der Waals surface area contributed by atoms with Crippen molar-refractivity contribution in [3.05, 3.63) is 70.6 Å². The van der Waals surface area contributed by atoms with Crippen LogP contribution in [0.1, 0.15) is 26.3 Å². The van der Waals surface area contributed by atoms with Crippen LogP contribution in [0.2, 0.25) is 0 Å².